The van der Waals surface area contributed by atoms with Crippen LogP contribution in [-0.2, 0) is 0 Å². The number of benzene rings is 1. The maximum atomic E-state index is 12.1. The number of thioether (sulfide) groups is 1. The molecule has 0 atom stereocenters. The highest BCUT2D eigenvalue weighted by atomic mass is 32.2. The van der Waals surface area contributed by atoms with Crippen molar-refractivity contribution in [3.8, 4) is 11.6 Å². The van der Waals surface area contributed by atoms with Crippen molar-refractivity contribution < 1.29 is 17.9 Å². The molecule has 0 unspecified atom stereocenters. The summed E-state index contributed by atoms with van der Waals surface area (Å²) in [7, 11) is 0. The molecule has 0 aliphatic carbocycles. The number of pyridine rings is 1. The summed E-state index contributed by atoms with van der Waals surface area (Å²) in [4.78, 5) is 4.17. The van der Waals surface area contributed by atoms with Gasteiger partial charge in [0, 0.05) is 17.2 Å². The third-order valence-electron chi connectivity index (χ3n) is 2.16. The Morgan fingerprint density at radius 1 is 1.05 bits per heavy atom. The molecule has 0 spiro atoms. The highest BCUT2D eigenvalue weighted by molar-refractivity contribution is 8.00. The first-order valence-corrected chi connectivity index (χ1v) is 6.20. The van der Waals surface area contributed by atoms with E-state index in [0.717, 1.165) is 5.56 Å². The van der Waals surface area contributed by atoms with Crippen LogP contribution < -0.4 is 4.74 Å². The zero-order valence-corrected chi connectivity index (χ0v) is 10.8. The summed E-state index contributed by atoms with van der Waals surface area (Å²) in [6, 6.07) is 9.23. The van der Waals surface area contributed by atoms with Gasteiger partial charge in [-0.2, -0.15) is 13.2 Å². The van der Waals surface area contributed by atoms with Gasteiger partial charge in [-0.3, -0.25) is 0 Å². The predicted molar refractivity (Wildman–Crippen MR) is 67.4 cm³/mol. The monoisotopic (exact) mass is 285 g/mol. The number of hydrogen-bond acceptors (Lipinski definition) is 3. The van der Waals surface area contributed by atoms with Gasteiger partial charge < -0.3 is 4.74 Å². The van der Waals surface area contributed by atoms with Gasteiger partial charge in [0.1, 0.15) is 5.75 Å². The molecule has 0 N–H and O–H groups in total. The van der Waals surface area contributed by atoms with Crippen LogP contribution in [0, 0.1) is 6.92 Å². The number of aromatic nitrogens is 1. The molecule has 19 heavy (non-hydrogen) atoms. The lowest BCUT2D eigenvalue weighted by molar-refractivity contribution is -0.0328. The quantitative estimate of drug-likeness (QED) is 0.757. The summed E-state index contributed by atoms with van der Waals surface area (Å²) >= 11 is -0.153. The Hall–Kier alpha value is -1.69. The summed E-state index contributed by atoms with van der Waals surface area (Å²) in [6.07, 6.45) is 1.66. The van der Waals surface area contributed by atoms with Crippen LogP contribution in [0.1, 0.15) is 5.56 Å². The van der Waals surface area contributed by atoms with Crippen molar-refractivity contribution in [1.82, 2.24) is 4.98 Å². The first-order valence-electron chi connectivity index (χ1n) is 5.39. The first-order chi connectivity index (χ1) is 8.92. The molecule has 2 rings (SSSR count). The SMILES string of the molecule is Cc1ccc(Oc2ccc(SC(F)(F)F)cc2)nc1. The molecule has 1 aromatic carbocycles. The number of alkyl halides is 3. The molecule has 1 heterocycles. The molecule has 0 aliphatic rings. The normalized spacial score (nSPS) is 11.4. The Morgan fingerprint density at radius 2 is 1.74 bits per heavy atom. The number of nitrogens with zero attached hydrogens (tertiary/aromatic N) is 1. The van der Waals surface area contributed by atoms with E-state index in [1.807, 2.05) is 13.0 Å². The smallest absolute Gasteiger partial charge is 0.439 e. The maximum absolute atomic E-state index is 12.1. The van der Waals surface area contributed by atoms with E-state index in [0.29, 0.717) is 11.6 Å². The van der Waals surface area contributed by atoms with Crippen LogP contribution in [0.5, 0.6) is 11.6 Å². The second kappa shape index (κ2) is 5.52. The van der Waals surface area contributed by atoms with Gasteiger partial charge in [-0.1, -0.05) is 6.07 Å². The van der Waals surface area contributed by atoms with Gasteiger partial charge in [-0.05, 0) is 48.5 Å². The highest BCUT2D eigenvalue weighted by Gasteiger charge is 2.29. The Labute approximate surface area is 112 Å². The van der Waals surface area contributed by atoms with Crippen LogP contribution >= 0.6 is 11.8 Å². The van der Waals surface area contributed by atoms with Crippen molar-refractivity contribution in [2.75, 3.05) is 0 Å². The van der Waals surface area contributed by atoms with Crippen LogP contribution in [0.3, 0.4) is 0 Å². The van der Waals surface area contributed by atoms with Crippen LogP contribution in [-0.4, -0.2) is 10.5 Å². The predicted octanol–water partition coefficient (Wildman–Crippen LogP) is 4.79. The van der Waals surface area contributed by atoms with E-state index in [4.69, 9.17) is 4.74 Å². The average Bonchev–Trinajstić information content (AvgIpc) is 2.33. The van der Waals surface area contributed by atoms with Gasteiger partial charge in [0.05, 0.1) is 0 Å². The minimum atomic E-state index is -4.28. The molecule has 2 nitrogen and oxygen atoms in total. The summed E-state index contributed by atoms with van der Waals surface area (Å²) in [5, 5.41) is 0. The maximum Gasteiger partial charge on any atom is 0.446 e. The van der Waals surface area contributed by atoms with E-state index in [9.17, 15) is 13.2 Å². The minimum absolute atomic E-state index is 0.122. The standard InChI is InChI=1S/C13H10F3NOS/c1-9-2-7-12(17-8-9)18-10-3-5-11(6-4-10)19-13(14,15)16/h2-8H,1H3. The molecular formula is C13H10F3NOS. The third kappa shape index (κ3) is 4.48. The van der Waals surface area contributed by atoms with Crippen molar-refractivity contribution in [2.45, 2.75) is 17.3 Å². The number of ether oxygens (including phenoxy) is 1. The van der Waals surface area contributed by atoms with Crippen molar-refractivity contribution in [2.24, 2.45) is 0 Å². The first kappa shape index (κ1) is 13.7. The number of hydrogen-bond donors (Lipinski definition) is 0. The van der Waals surface area contributed by atoms with Crippen LogP contribution in [0.4, 0.5) is 13.2 Å². The molecule has 0 radical (unpaired) electrons. The van der Waals surface area contributed by atoms with Gasteiger partial charge in [0.2, 0.25) is 5.88 Å². The number of aryl methyl sites for hydroxylation is 1. The van der Waals surface area contributed by atoms with E-state index in [1.165, 1.54) is 24.3 Å². The zero-order chi connectivity index (χ0) is 13.9. The lowest BCUT2D eigenvalue weighted by Gasteiger charge is -2.07. The molecule has 0 fully saturated rings. The van der Waals surface area contributed by atoms with Gasteiger partial charge in [-0.25, -0.2) is 4.98 Å². The van der Waals surface area contributed by atoms with Gasteiger partial charge in [-0.15, -0.1) is 0 Å². The summed E-state index contributed by atoms with van der Waals surface area (Å²) < 4.78 is 41.9. The molecule has 0 saturated heterocycles. The molecule has 0 amide bonds. The molecular weight excluding hydrogens is 275 g/mol. The molecule has 0 bridgehead atoms. The molecule has 0 saturated carbocycles. The Balaban J connectivity index is 2.04. The van der Waals surface area contributed by atoms with Gasteiger partial charge in [0.25, 0.3) is 0 Å². The minimum Gasteiger partial charge on any atom is -0.439 e. The second-order valence-corrected chi connectivity index (χ2v) is 4.93. The molecule has 6 heteroatoms. The Bertz CT molecular complexity index is 537. The van der Waals surface area contributed by atoms with Gasteiger partial charge >= 0.3 is 5.51 Å². The van der Waals surface area contributed by atoms with Crippen molar-refractivity contribution in [3.63, 3.8) is 0 Å². The molecule has 100 valence electrons. The van der Waals surface area contributed by atoms with Crippen LogP contribution in [0.2, 0.25) is 0 Å². The third-order valence-corrected chi connectivity index (χ3v) is 2.90. The van der Waals surface area contributed by atoms with E-state index in [2.05, 4.69) is 4.98 Å². The van der Waals surface area contributed by atoms with Crippen molar-refractivity contribution in [3.05, 3.63) is 48.2 Å². The lowest BCUT2D eigenvalue weighted by atomic mass is 10.3. The molecule has 2 aromatic rings. The van der Waals surface area contributed by atoms with E-state index in [1.54, 1.807) is 12.3 Å². The highest BCUT2D eigenvalue weighted by Crippen LogP contribution is 2.37. The van der Waals surface area contributed by atoms with E-state index < -0.39 is 5.51 Å². The summed E-state index contributed by atoms with van der Waals surface area (Å²) in [6.45, 7) is 1.90. The van der Waals surface area contributed by atoms with Crippen LogP contribution in [0.15, 0.2) is 47.5 Å². The largest absolute Gasteiger partial charge is 0.446 e. The van der Waals surface area contributed by atoms with Crippen molar-refractivity contribution >= 4 is 11.8 Å². The Kier molecular flexibility index (Phi) is 3.99. The number of halogens is 3. The fourth-order valence-corrected chi connectivity index (χ4v) is 1.88. The van der Waals surface area contributed by atoms with E-state index in [-0.39, 0.29) is 16.7 Å². The summed E-state index contributed by atoms with van der Waals surface area (Å²) in [5.41, 5.74) is -3.27. The molecule has 1 aromatic heterocycles. The second-order valence-electron chi connectivity index (χ2n) is 3.80. The fraction of sp³-hybridized carbons (Fsp3) is 0.154. The topological polar surface area (TPSA) is 22.1 Å². The van der Waals surface area contributed by atoms with Gasteiger partial charge in [0.15, 0.2) is 0 Å². The van der Waals surface area contributed by atoms with E-state index >= 15 is 0 Å². The Morgan fingerprint density at radius 3 is 2.26 bits per heavy atom. The fourth-order valence-electron chi connectivity index (χ4n) is 1.34. The van der Waals surface area contributed by atoms with Crippen molar-refractivity contribution in [1.29, 1.82) is 0 Å². The average molecular weight is 285 g/mol. The zero-order valence-electron chi connectivity index (χ0n) is 9.94. The molecule has 0 aliphatic heterocycles. The lowest BCUT2D eigenvalue weighted by Crippen LogP contribution is -1.98. The number of rotatable bonds is 3. The van der Waals surface area contributed by atoms with Crippen LogP contribution in [0.25, 0.3) is 0 Å². The summed E-state index contributed by atoms with van der Waals surface area (Å²) in [5.74, 6) is 0.852.